The van der Waals surface area contributed by atoms with Crippen LogP contribution in [0.4, 0.5) is 10.5 Å². The Hall–Kier alpha value is -2.75. The smallest absolute Gasteiger partial charge is 0.315 e. The molecule has 0 unspecified atom stereocenters. The van der Waals surface area contributed by atoms with Gasteiger partial charge in [-0.25, -0.2) is 4.79 Å². The Morgan fingerprint density at radius 3 is 2.91 bits per heavy atom. The lowest BCUT2D eigenvalue weighted by atomic mass is 9.89. The molecule has 2 bridgehead atoms. The van der Waals surface area contributed by atoms with Crippen LogP contribution in [0.2, 0.25) is 0 Å². The monoisotopic (exact) mass is 496 g/mol. The number of rotatable bonds is 6. The Balaban J connectivity index is 1.14. The highest BCUT2D eigenvalue weighted by Gasteiger charge is 2.36. The number of hydrogen-bond donors (Lipinski definition) is 4. The molecule has 3 heterocycles. The van der Waals surface area contributed by atoms with E-state index in [2.05, 4.69) is 28.1 Å². The van der Waals surface area contributed by atoms with E-state index in [-0.39, 0.29) is 36.7 Å². The standard InChI is InChI=1S/C26H32N4O4S/c1-35-24-7-3-2-5-17(24)21-6-4-10-30(21)25(32)14-28-26(33)27-13-16-8-9-19-18(11-16)23-12-20(29-19)22(31)15-34-23/h2-3,5,7-9,11,20-23,29,31H,4,6,10,12-15H2,1H3,(H2,27,28,33)/t20-,21-,22-,23+/m1/s1. The molecule has 0 aromatic heterocycles. The van der Waals surface area contributed by atoms with Crippen LogP contribution in [0.3, 0.4) is 0 Å². The molecule has 9 heteroatoms. The summed E-state index contributed by atoms with van der Waals surface area (Å²) in [5.74, 6) is -0.0652. The summed E-state index contributed by atoms with van der Waals surface area (Å²) in [6.07, 6.45) is 4.13. The third-order valence-electron chi connectivity index (χ3n) is 7.13. The van der Waals surface area contributed by atoms with E-state index >= 15 is 0 Å². The second-order valence-electron chi connectivity index (χ2n) is 9.32. The summed E-state index contributed by atoms with van der Waals surface area (Å²) in [6.45, 7) is 1.35. The SMILES string of the molecule is CSc1ccccc1[C@H]1CCCN1C(=O)CNC(=O)NCc1ccc2c(c1)[C@@H]1C[C@@H](N2)[C@H](O)CO1. The molecule has 35 heavy (non-hydrogen) atoms. The molecule has 4 N–H and O–H groups in total. The largest absolute Gasteiger partial charge is 0.389 e. The van der Waals surface area contributed by atoms with E-state index in [9.17, 15) is 14.7 Å². The molecule has 2 saturated heterocycles. The van der Waals surface area contributed by atoms with Gasteiger partial charge in [0.25, 0.3) is 0 Å². The van der Waals surface area contributed by atoms with Gasteiger partial charge < -0.3 is 30.7 Å². The number of nitrogens with one attached hydrogen (secondary N) is 3. The number of aliphatic hydroxyl groups is 1. The average molecular weight is 497 g/mol. The highest BCUT2D eigenvalue weighted by Crippen LogP contribution is 2.39. The Morgan fingerprint density at radius 2 is 2.06 bits per heavy atom. The lowest BCUT2D eigenvalue weighted by Crippen LogP contribution is -2.46. The zero-order valence-electron chi connectivity index (χ0n) is 19.8. The van der Waals surface area contributed by atoms with Crippen molar-refractivity contribution in [3.05, 3.63) is 59.2 Å². The number of aliphatic hydroxyl groups excluding tert-OH is 1. The first-order valence-corrected chi connectivity index (χ1v) is 13.4. The lowest BCUT2D eigenvalue weighted by Gasteiger charge is -2.40. The first kappa shape index (κ1) is 24.0. The number of thioether (sulfide) groups is 1. The van der Waals surface area contributed by atoms with Crippen LogP contribution in [0.1, 0.15) is 48.1 Å². The van der Waals surface area contributed by atoms with Gasteiger partial charge in [-0.2, -0.15) is 0 Å². The van der Waals surface area contributed by atoms with E-state index in [0.717, 1.165) is 36.1 Å². The molecule has 0 radical (unpaired) electrons. The van der Waals surface area contributed by atoms with Gasteiger partial charge in [0.15, 0.2) is 0 Å². The zero-order chi connectivity index (χ0) is 24.4. The number of nitrogens with zero attached hydrogens (tertiary/aromatic N) is 1. The van der Waals surface area contributed by atoms with Crippen LogP contribution < -0.4 is 16.0 Å². The van der Waals surface area contributed by atoms with Crippen LogP contribution >= 0.6 is 11.8 Å². The third kappa shape index (κ3) is 5.12. The van der Waals surface area contributed by atoms with Gasteiger partial charge >= 0.3 is 6.03 Å². The number of benzene rings is 2. The predicted molar refractivity (Wildman–Crippen MR) is 135 cm³/mol. The first-order valence-electron chi connectivity index (χ1n) is 12.2. The maximum atomic E-state index is 12.9. The fraction of sp³-hybridized carbons (Fsp3) is 0.462. The van der Waals surface area contributed by atoms with E-state index in [1.54, 1.807) is 11.8 Å². The minimum atomic E-state index is -0.497. The number of urea groups is 1. The van der Waals surface area contributed by atoms with Crippen molar-refractivity contribution in [2.75, 3.05) is 31.3 Å². The summed E-state index contributed by atoms with van der Waals surface area (Å²) < 4.78 is 5.80. The Bertz CT molecular complexity index is 1100. The molecule has 0 aliphatic carbocycles. The lowest BCUT2D eigenvalue weighted by molar-refractivity contribution is -0.131. The van der Waals surface area contributed by atoms with Crippen LogP contribution in [-0.2, 0) is 16.1 Å². The second kappa shape index (κ2) is 10.5. The van der Waals surface area contributed by atoms with Crippen LogP contribution in [0.25, 0.3) is 0 Å². The summed E-state index contributed by atoms with van der Waals surface area (Å²) in [6, 6.07) is 13.9. The van der Waals surface area contributed by atoms with Crippen molar-refractivity contribution in [1.82, 2.24) is 15.5 Å². The summed E-state index contributed by atoms with van der Waals surface area (Å²) >= 11 is 1.69. The minimum Gasteiger partial charge on any atom is -0.389 e. The van der Waals surface area contributed by atoms with Gasteiger partial charge in [-0.3, -0.25) is 4.79 Å². The maximum Gasteiger partial charge on any atom is 0.315 e. The number of likely N-dealkylation sites (tertiary alicyclic amines) is 1. The number of carbonyl (C=O) groups excluding carboxylic acids is 2. The number of anilines is 1. The van der Waals surface area contributed by atoms with Gasteiger partial charge in [0, 0.05) is 35.7 Å². The molecule has 5 rings (SSSR count). The molecular weight excluding hydrogens is 464 g/mol. The molecule has 186 valence electrons. The maximum absolute atomic E-state index is 12.9. The summed E-state index contributed by atoms with van der Waals surface area (Å²) in [5.41, 5.74) is 4.15. The highest BCUT2D eigenvalue weighted by atomic mass is 32.2. The van der Waals surface area contributed by atoms with E-state index < -0.39 is 6.10 Å². The Morgan fingerprint density at radius 1 is 1.20 bits per heavy atom. The summed E-state index contributed by atoms with van der Waals surface area (Å²) in [5, 5.41) is 19.0. The van der Waals surface area contributed by atoms with Gasteiger partial charge in [0.2, 0.25) is 5.91 Å². The highest BCUT2D eigenvalue weighted by molar-refractivity contribution is 7.98. The average Bonchev–Trinajstić information content (AvgIpc) is 3.38. The molecule has 0 saturated carbocycles. The minimum absolute atomic E-state index is 0.0120. The summed E-state index contributed by atoms with van der Waals surface area (Å²) in [4.78, 5) is 28.4. The van der Waals surface area contributed by atoms with Gasteiger partial charge in [-0.15, -0.1) is 11.8 Å². The van der Waals surface area contributed by atoms with Crippen molar-refractivity contribution in [3.63, 3.8) is 0 Å². The Labute approximate surface area is 209 Å². The molecule has 2 fully saturated rings. The third-order valence-corrected chi connectivity index (χ3v) is 7.94. The molecule has 2 aromatic carbocycles. The van der Waals surface area contributed by atoms with Crippen molar-refractivity contribution in [2.45, 2.75) is 55.0 Å². The molecule has 3 aliphatic heterocycles. The van der Waals surface area contributed by atoms with Crippen molar-refractivity contribution < 1.29 is 19.4 Å². The van der Waals surface area contributed by atoms with E-state index in [1.165, 1.54) is 10.5 Å². The van der Waals surface area contributed by atoms with E-state index in [0.29, 0.717) is 19.7 Å². The number of hydrogen-bond acceptors (Lipinski definition) is 6. The quantitative estimate of drug-likeness (QED) is 0.458. The first-order chi connectivity index (χ1) is 17.0. The van der Waals surface area contributed by atoms with Crippen molar-refractivity contribution in [1.29, 1.82) is 0 Å². The number of carbonyl (C=O) groups is 2. The van der Waals surface area contributed by atoms with E-state index in [4.69, 9.17) is 4.74 Å². The number of ether oxygens (including phenoxy) is 1. The molecule has 3 aliphatic rings. The molecule has 2 aromatic rings. The van der Waals surface area contributed by atoms with Crippen LogP contribution in [0.5, 0.6) is 0 Å². The van der Waals surface area contributed by atoms with Crippen LogP contribution in [0, 0.1) is 0 Å². The molecule has 4 atom stereocenters. The fourth-order valence-corrected chi connectivity index (χ4v) is 5.97. The second-order valence-corrected chi connectivity index (χ2v) is 10.2. The topological polar surface area (TPSA) is 103 Å². The number of fused-ring (bicyclic) bond motifs is 4. The number of amides is 3. The summed E-state index contributed by atoms with van der Waals surface area (Å²) in [7, 11) is 0. The molecular formula is C26H32N4O4S. The molecule has 8 nitrogen and oxygen atoms in total. The van der Waals surface area contributed by atoms with Crippen LogP contribution in [0.15, 0.2) is 47.4 Å². The van der Waals surface area contributed by atoms with Crippen LogP contribution in [-0.4, -0.2) is 60.0 Å². The van der Waals surface area contributed by atoms with Gasteiger partial charge in [0.1, 0.15) is 0 Å². The molecule has 0 spiro atoms. The Kier molecular flexibility index (Phi) is 7.17. The van der Waals surface area contributed by atoms with Crippen molar-refractivity contribution in [2.24, 2.45) is 0 Å². The zero-order valence-corrected chi connectivity index (χ0v) is 20.6. The van der Waals surface area contributed by atoms with Crippen molar-refractivity contribution >= 4 is 29.4 Å². The normalized spacial score (nSPS) is 24.9. The van der Waals surface area contributed by atoms with Crippen molar-refractivity contribution in [3.8, 4) is 0 Å². The van der Waals surface area contributed by atoms with Gasteiger partial charge in [-0.1, -0.05) is 24.3 Å². The molecule has 3 amide bonds. The fourth-order valence-electron chi connectivity index (χ4n) is 5.31. The predicted octanol–water partition coefficient (Wildman–Crippen LogP) is 3.19. The van der Waals surface area contributed by atoms with Gasteiger partial charge in [-0.05, 0) is 48.4 Å². The van der Waals surface area contributed by atoms with Gasteiger partial charge in [0.05, 0.1) is 37.4 Å². The van der Waals surface area contributed by atoms with E-state index in [1.807, 2.05) is 41.5 Å².